The minimum atomic E-state index is -3.71. The summed E-state index contributed by atoms with van der Waals surface area (Å²) in [5, 5.41) is 0.165. The van der Waals surface area contributed by atoms with Crippen LogP contribution in [0.2, 0.25) is 5.15 Å². The summed E-state index contributed by atoms with van der Waals surface area (Å²) in [6.07, 6.45) is 1.19. The van der Waals surface area contributed by atoms with Gasteiger partial charge in [-0.25, -0.2) is 18.4 Å². The minimum Gasteiger partial charge on any atom is -0.263 e. The minimum absolute atomic E-state index is 0.124. The summed E-state index contributed by atoms with van der Waals surface area (Å²) in [4.78, 5) is 7.67. The number of hydrogen-bond acceptors (Lipinski definition) is 4. The first-order valence-corrected chi connectivity index (χ1v) is 7.80. The molecular weight excluding hydrogens is 354 g/mol. The van der Waals surface area contributed by atoms with Crippen molar-refractivity contribution in [1.29, 1.82) is 0 Å². The van der Waals surface area contributed by atoms with Crippen molar-refractivity contribution in [3.05, 3.63) is 45.8 Å². The van der Waals surface area contributed by atoms with Gasteiger partial charge < -0.3 is 0 Å². The van der Waals surface area contributed by atoms with Crippen molar-refractivity contribution in [3.8, 4) is 0 Å². The van der Waals surface area contributed by atoms with E-state index in [0.717, 1.165) is 0 Å². The van der Waals surface area contributed by atoms with E-state index >= 15 is 0 Å². The van der Waals surface area contributed by atoms with Gasteiger partial charge in [0.1, 0.15) is 17.3 Å². The van der Waals surface area contributed by atoms with Crippen LogP contribution in [0.4, 0.5) is 5.82 Å². The zero-order chi connectivity index (χ0) is 14.0. The Labute approximate surface area is 124 Å². The Hall–Kier alpha value is -1.18. The van der Waals surface area contributed by atoms with Crippen LogP contribution in [0, 0.1) is 6.92 Å². The Balaban J connectivity index is 2.40. The fourth-order valence-electron chi connectivity index (χ4n) is 1.45. The molecule has 0 radical (unpaired) electrons. The standard InChI is InChI=1S/C11H9BrClN3O2S/c1-7-2-3-8(12)4-9(7)19(17,18)16-11-5-10(13)14-6-15-11/h2-6H,1H3,(H,14,15,16). The highest BCUT2D eigenvalue weighted by molar-refractivity contribution is 9.10. The van der Waals surface area contributed by atoms with Crippen LogP contribution >= 0.6 is 27.5 Å². The molecule has 0 aliphatic rings. The Morgan fingerprint density at radius 3 is 2.68 bits per heavy atom. The number of aromatic nitrogens is 2. The summed E-state index contributed by atoms with van der Waals surface area (Å²) >= 11 is 8.93. The van der Waals surface area contributed by atoms with Crippen LogP contribution < -0.4 is 4.72 Å². The number of nitrogens with zero attached hydrogens (tertiary/aromatic N) is 2. The van der Waals surface area contributed by atoms with Gasteiger partial charge >= 0.3 is 0 Å². The Morgan fingerprint density at radius 2 is 2.00 bits per heavy atom. The summed E-state index contributed by atoms with van der Waals surface area (Å²) in [5.74, 6) is 0.124. The highest BCUT2D eigenvalue weighted by atomic mass is 79.9. The summed E-state index contributed by atoms with van der Waals surface area (Å²) < 4.78 is 27.5. The van der Waals surface area contributed by atoms with E-state index in [1.807, 2.05) is 0 Å². The molecule has 0 saturated heterocycles. The molecular formula is C11H9BrClN3O2S. The predicted octanol–water partition coefficient (Wildman–Crippen LogP) is 3.00. The molecule has 1 aromatic carbocycles. The first-order valence-electron chi connectivity index (χ1n) is 5.15. The molecule has 100 valence electrons. The van der Waals surface area contributed by atoms with Gasteiger partial charge in [-0.1, -0.05) is 33.6 Å². The van der Waals surface area contributed by atoms with Crippen LogP contribution in [0.15, 0.2) is 40.0 Å². The average molecular weight is 363 g/mol. The molecule has 0 spiro atoms. The zero-order valence-corrected chi connectivity index (χ0v) is 12.9. The van der Waals surface area contributed by atoms with E-state index in [9.17, 15) is 8.42 Å². The molecule has 0 atom stereocenters. The van der Waals surface area contributed by atoms with E-state index in [-0.39, 0.29) is 15.9 Å². The second-order valence-corrected chi connectivity index (χ2v) is 6.70. The molecule has 1 heterocycles. The summed E-state index contributed by atoms with van der Waals surface area (Å²) in [6, 6.07) is 6.36. The summed E-state index contributed by atoms with van der Waals surface area (Å²) in [7, 11) is -3.71. The van der Waals surface area contributed by atoms with Gasteiger partial charge in [-0.05, 0) is 24.6 Å². The molecule has 0 unspecified atom stereocenters. The Kier molecular flexibility index (Phi) is 4.07. The van der Waals surface area contributed by atoms with E-state index in [1.54, 1.807) is 19.1 Å². The van der Waals surface area contributed by atoms with Crippen LogP contribution in [0.1, 0.15) is 5.56 Å². The van der Waals surface area contributed by atoms with Crippen molar-refractivity contribution >= 4 is 43.4 Å². The molecule has 0 amide bonds. The zero-order valence-electron chi connectivity index (χ0n) is 9.76. The molecule has 2 rings (SSSR count). The smallest absolute Gasteiger partial charge is 0.263 e. The number of nitrogens with one attached hydrogen (secondary N) is 1. The number of sulfonamides is 1. The number of anilines is 1. The quantitative estimate of drug-likeness (QED) is 0.852. The molecule has 19 heavy (non-hydrogen) atoms. The molecule has 0 fully saturated rings. The number of aryl methyl sites for hydroxylation is 1. The van der Waals surface area contributed by atoms with Gasteiger partial charge in [0.25, 0.3) is 10.0 Å². The lowest BCUT2D eigenvalue weighted by atomic mass is 10.2. The van der Waals surface area contributed by atoms with Crippen LogP contribution in [-0.2, 0) is 10.0 Å². The van der Waals surface area contributed by atoms with Gasteiger partial charge in [-0.2, -0.15) is 0 Å². The fourth-order valence-corrected chi connectivity index (χ4v) is 3.38. The topological polar surface area (TPSA) is 72.0 Å². The summed E-state index contributed by atoms with van der Waals surface area (Å²) in [6.45, 7) is 1.72. The molecule has 0 saturated carbocycles. The maximum absolute atomic E-state index is 12.3. The molecule has 8 heteroatoms. The average Bonchev–Trinajstić information content (AvgIpc) is 2.31. The second kappa shape index (κ2) is 5.44. The largest absolute Gasteiger partial charge is 0.263 e. The van der Waals surface area contributed by atoms with Crippen LogP contribution in [-0.4, -0.2) is 18.4 Å². The van der Waals surface area contributed by atoms with Gasteiger partial charge in [0.05, 0.1) is 4.90 Å². The first kappa shape index (κ1) is 14.2. The maximum atomic E-state index is 12.3. The molecule has 1 N–H and O–H groups in total. The molecule has 0 aliphatic heterocycles. The number of benzene rings is 1. The van der Waals surface area contributed by atoms with E-state index < -0.39 is 10.0 Å². The third-order valence-corrected chi connectivity index (χ3v) is 4.51. The molecule has 0 bridgehead atoms. The first-order chi connectivity index (χ1) is 8.88. The lowest BCUT2D eigenvalue weighted by molar-refractivity contribution is 0.600. The van der Waals surface area contributed by atoms with Gasteiger partial charge in [0.2, 0.25) is 0 Å². The van der Waals surface area contributed by atoms with Crippen molar-refractivity contribution in [3.63, 3.8) is 0 Å². The van der Waals surface area contributed by atoms with E-state index in [0.29, 0.717) is 10.0 Å². The Morgan fingerprint density at radius 1 is 1.26 bits per heavy atom. The number of hydrogen-bond donors (Lipinski definition) is 1. The highest BCUT2D eigenvalue weighted by Gasteiger charge is 2.18. The summed E-state index contributed by atoms with van der Waals surface area (Å²) in [5.41, 5.74) is 0.635. The van der Waals surface area contributed by atoms with Crippen molar-refractivity contribution in [2.75, 3.05) is 4.72 Å². The monoisotopic (exact) mass is 361 g/mol. The molecule has 5 nitrogen and oxygen atoms in total. The third-order valence-electron chi connectivity index (χ3n) is 2.31. The van der Waals surface area contributed by atoms with Gasteiger partial charge in [-0.3, -0.25) is 4.72 Å². The lowest BCUT2D eigenvalue weighted by Crippen LogP contribution is -2.15. The van der Waals surface area contributed by atoms with E-state index in [2.05, 4.69) is 30.6 Å². The van der Waals surface area contributed by atoms with Crippen LogP contribution in [0.3, 0.4) is 0 Å². The van der Waals surface area contributed by atoms with Crippen molar-refractivity contribution in [2.45, 2.75) is 11.8 Å². The van der Waals surface area contributed by atoms with Crippen LogP contribution in [0.25, 0.3) is 0 Å². The molecule has 1 aromatic heterocycles. The van der Waals surface area contributed by atoms with Crippen LogP contribution in [0.5, 0.6) is 0 Å². The maximum Gasteiger partial charge on any atom is 0.263 e. The number of halogens is 2. The van der Waals surface area contributed by atoms with Gasteiger partial charge in [0.15, 0.2) is 0 Å². The predicted molar refractivity (Wildman–Crippen MR) is 76.7 cm³/mol. The van der Waals surface area contributed by atoms with Crippen molar-refractivity contribution in [1.82, 2.24) is 9.97 Å². The van der Waals surface area contributed by atoms with E-state index in [1.165, 1.54) is 18.5 Å². The fraction of sp³-hybridized carbons (Fsp3) is 0.0909. The SMILES string of the molecule is Cc1ccc(Br)cc1S(=O)(=O)Nc1cc(Cl)ncn1. The Bertz CT molecular complexity index is 722. The van der Waals surface area contributed by atoms with Crippen molar-refractivity contribution < 1.29 is 8.42 Å². The van der Waals surface area contributed by atoms with Crippen molar-refractivity contribution in [2.24, 2.45) is 0 Å². The number of rotatable bonds is 3. The van der Waals surface area contributed by atoms with Gasteiger partial charge in [-0.15, -0.1) is 0 Å². The van der Waals surface area contributed by atoms with Gasteiger partial charge in [0, 0.05) is 10.5 Å². The molecule has 0 aliphatic carbocycles. The lowest BCUT2D eigenvalue weighted by Gasteiger charge is -2.10. The second-order valence-electron chi connectivity index (χ2n) is 3.74. The normalized spacial score (nSPS) is 11.3. The third kappa shape index (κ3) is 3.43. The molecule has 2 aromatic rings. The van der Waals surface area contributed by atoms with E-state index in [4.69, 9.17) is 11.6 Å². The highest BCUT2D eigenvalue weighted by Crippen LogP contribution is 2.22.